The fourth-order valence-corrected chi connectivity index (χ4v) is 10.8. The number of fused-ring (bicyclic) bond motifs is 4. The highest BCUT2D eigenvalue weighted by Gasteiger charge is 2.44. The van der Waals surface area contributed by atoms with Crippen molar-refractivity contribution in [3.63, 3.8) is 0 Å². The van der Waals surface area contributed by atoms with E-state index in [1.165, 1.54) is 17.4 Å². The molecule has 1 spiro atoms. The van der Waals surface area contributed by atoms with Crippen LogP contribution < -0.4 is 9.64 Å². The van der Waals surface area contributed by atoms with Crippen LogP contribution in [0.4, 0.5) is 5.69 Å². The number of rotatable bonds is 4. The summed E-state index contributed by atoms with van der Waals surface area (Å²) in [5.74, 6) is 0.187. The molecule has 2 aromatic carbocycles. The number of nitrogens with zero attached hydrogens (tertiary/aromatic N) is 2. The average Bonchev–Trinajstić information content (AvgIpc) is 3.43. The molecule has 1 saturated carbocycles. The van der Waals surface area contributed by atoms with Crippen LogP contribution in [-0.4, -0.2) is 60.3 Å². The van der Waals surface area contributed by atoms with E-state index in [0.717, 1.165) is 61.5 Å². The topological polar surface area (TPSA) is 98.4 Å². The number of allylic oxidation sites excluding steroid dienone is 1. The summed E-state index contributed by atoms with van der Waals surface area (Å²) in [5.41, 5.74) is 4.26. The van der Waals surface area contributed by atoms with Crippen LogP contribution in [0, 0.1) is 24.7 Å². The molecule has 49 heavy (non-hydrogen) atoms. The Kier molecular flexibility index (Phi) is 9.54. The number of hydrogen-bond donors (Lipinski definition) is 0. The van der Waals surface area contributed by atoms with Gasteiger partial charge in [0.1, 0.15) is 5.75 Å². The zero-order valence-corrected chi connectivity index (χ0v) is 30.1. The molecule has 8 nitrogen and oxygen atoms in total. The number of halogens is 1. The van der Waals surface area contributed by atoms with Crippen molar-refractivity contribution in [2.24, 2.45) is 22.1 Å². The minimum atomic E-state index is -3.29. The number of carbonyl (C=O) groups excluding carboxylic acids is 2. The van der Waals surface area contributed by atoms with Crippen LogP contribution >= 0.6 is 11.6 Å². The molecular weight excluding hydrogens is 660 g/mol. The molecule has 0 saturated heterocycles. The number of ketones is 1. The molecule has 2 bridgehead atoms. The van der Waals surface area contributed by atoms with Gasteiger partial charge >= 0.3 is 0 Å². The predicted molar refractivity (Wildman–Crippen MR) is 193 cm³/mol. The number of benzene rings is 2. The number of furan rings is 1. The summed E-state index contributed by atoms with van der Waals surface area (Å²) in [6, 6.07) is 13.3. The van der Waals surface area contributed by atoms with Crippen molar-refractivity contribution < 1.29 is 27.7 Å². The van der Waals surface area contributed by atoms with Gasteiger partial charge in [-0.05, 0) is 116 Å². The summed E-state index contributed by atoms with van der Waals surface area (Å²) in [4.78, 5) is 29.6. The Bertz CT molecular complexity index is 1910. The number of aryl methyl sites for hydroxylation is 2. The largest absolute Gasteiger partial charge is 0.490 e. The lowest BCUT2D eigenvalue weighted by Gasteiger charge is -2.46. The molecule has 0 radical (unpaired) electrons. The van der Waals surface area contributed by atoms with Crippen LogP contribution in [0.25, 0.3) is 0 Å². The monoisotopic (exact) mass is 704 g/mol. The van der Waals surface area contributed by atoms with Gasteiger partial charge in [-0.2, -0.15) is 4.36 Å². The van der Waals surface area contributed by atoms with Gasteiger partial charge in [0, 0.05) is 42.0 Å². The summed E-state index contributed by atoms with van der Waals surface area (Å²) in [7, 11) is -1.52. The standard InChI is InChI=1S/C39H45ClN2O6S/c1-25-6-4-8-35(46-3)31-12-9-29(31)19-42-23-39(15-5-7-27-17-30(40)11-13-32(27)39)24-48-36-14-10-28(18-33(36)42)38(44)41-49(45,21-25)22-34(43)37-16-26(2)20-47-37/h4,8,10-11,13-14,16-18,20,25,29,31,35H,5-7,9,12,15,19,21-24H2,1-3H3/b8-4+/t25-,29-,31+,35-,39-,49+/m0/s1. The first-order valence-corrected chi connectivity index (χ1v) is 19.6. The molecule has 6 atom stereocenters. The second kappa shape index (κ2) is 13.7. The highest BCUT2D eigenvalue weighted by Crippen LogP contribution is 2.47. The lowest BCUT2D eigenvalue weighted by molar-refractivity contribution is 0.0131. The Morgan fingerprint density at radius 2 is 2.04 bits per heavy atom. The lowest BCUT2D eigenvalue weighted by Crippen LogP contribution is -2.49. The van der Waals surface area contributed by atoms with Crippen LogP contribution in [0.15, 0.2) is 69.7 Å². The van der Waals surface area contributed by atoms with Gasteiger partial charge in [0.2, 0.25) is 5.78 Å². The first-order chi connectivity index (χ1) is 23.5. The maximum atomic E-state index is 14.5. The molecule has 3 heterocycles. The molecule has 0 N–H and O–H groups in total. The van der Waals surface area contributed by atoms with Gasteiger partial charge in [0.25, 0.3) is 5.91 Å². The minimum absolute atomic E-state index is 0.0428. The minimum Gasteiger partial charge on any atom is -0.490 e. The number of Topliss-reactive ketones (excluding diaryl/α,β-unsaturated/α-hetero) is 1. The van der Waals surface area contributed by atoms with Crippen LogP contribution in [0.3, 0.4) is 0 Å². The van der Waals surface area contributed by atoms with E-state index in [0.29, 0.717) is 36.2 Å². The smallest absolute Gasteiger partial charge is 0.285 e. The normalized spacial score (nSPS) is 30.6. The van der Waals surface area contributed by atoms with Crippen molar-refractivity contribution in [1.29, 1.82) is 0 Å². The van der Waals surface area contributed by atoms with Crippen molar-refractivity contribution in [1.82, 2.24) is 0 Å². The Morgan fingerprint density at radius 3 is 2.80 bits per heavy atom. The highest BCUT2D eigenvalue weighted by molar-refractivity contribution is 7.94. The number of anilines is 1. The van der Waals surface area contributed by atoms with Gasteiger partial charge in [-0.25, -0.2) is 4.21 Å². The van der Waals surface area contributed by atoms with Crippen molar-refractivity contribution in [3.05, 3.63) is 93.9 Å². The van der Waals surface area contributed by atoms with Crippen LogP contribution in [0.5, 0.6) is 5.75 Å². The molecule has 10 heteroatoms. The molecule has 2 aliphatic heterocycles. The first-order valence-electron chi connectivity index (χ1n) is 17.4. The molecule has 7 rings (SSSR count). The first kappa shape index (κ1) is 34.1. The van der Waals surface area contributed by atoms with Gasteiger partial charge in [-0.15, -0.1) is 0 Å². The summed E-state index contributed by atoms with van der Waals surface area (Å²) >= 11 is 6.45. The third kappa shape index (κ3) is 6.99. The second-order valence-corrected chi connectivity index (χ2v) is 17.4. The average molecular weight is 705 g/mol. The summed E-state index contributed by atoms with van der Waals surface area (Å²) < 4.78 is 37.0. The van der Waals surface area contributed by atoms with Gasteiger partial charge in [-0.3, -0.25) is 9.59 Å². The quantitative estimate of drug-likeness (QED) is 0.202. The van der Waals surface area contributed by atoms with E-state index in [2.05, 4.69) is 33.5 Å². The van der Waals surface area contributed by atoms with E-state index in [1.54, 1.807) is 19.2 Å². The number of methoxy groups -OCH3 is 1. The molecule has 1 fully saturated rings. The summed E-state index contributed by atoms with van der Waals surface area (Å²) in [6.45, 7) is 5.83. The van der Waals surface area contributed by atoms with E-state index in [9.17, 15) is 13.8 Å². The maximum Gasteiger partial charge on any atom is 0.285 e. The molecule has 3 aromatic rings. The van der Waals surface area contributed by atoms with Gasteiger partial charge in [0.05, 0.1) is 40.1 Å². The Morgan fingerprint density at radius 1 is 1.18 bits per heavy atom. The fourth-order valence-electron chi connectivity index (χ4n) is 8.32. The van der Waals surface area contributed by atoms with Gasteiger partial charge in [0.15, 0.2) is 5.76 Å². The number of ether oxygens (including phenoxy) is 2. The third-order valence-electron chi connectivity index (χ3n) is 10.9. The van der Waals surface area contributed by atoms with Crippen molar-refractivity contribution >= 4 is 38.7 Å². The van der Waals surface area contributed by atoms with Crippen LogP contribution in [0.1, 0.15) is 76.6 Å². The third-order valence-corrected chi connectivity index (χ3v) is 13.5. The van der Waals surface area contributed by atoms with Crippen LogP contribution in [0.2, 0.25) is 5.02 Å². The molecule has 0 unspecified atom stereocenters. The van der Waals surface area contributed by atoms with E-state index < -0.39 is 27.2 Å². The maximum absolute atomic E-state index is 14.5. The van der Waals surface area contributed by atoms with Crippen molar-refractivity contribution in [2.45, 2.75) is 63.9 Å². The number of carbonyl (C=O) groups is 2. The predicted octanol–water partition coefficient (Wildman–Crippen LogP) is 7.84. The number of hydrogen-bond acceptors (Lipinski definition) is 7. The Balaban J connectivity index is 1.31. The lowest BCUT2D eigenvalue weighted by atomic mass is 9.68. The second-order valence-electron chi connectivity index (χ2n) is 14.6. The van der Waals surface area contributed by atoms with Gasteiger partial charge in [-0.1, -0.05) is 36.7 Å². The molecule has 2 aliphatic carbocycles. The summed E-state index contributed by atoms with van der Waals surface area (Å²) in [5, 5.41) is 0.744. The molecule has 260 valence electrons. The van der Waals surface area contributed by atoms with Crippen LogP contribution in [-0.2, 0) is 26.3 Å². The van der Waals surface area contributed by atoms with E-state index in [4.69, 9.17) is 25.5 Å². The Hall–Kier alpha value is -3.40. The number of amides is 1. The highest BCUT2D eigenvalue weighted by atomic mass is 35.5. The fraction of sp³-hybridized carbons (Fsp3) is 0.487. The SMILES string of the molecule is CO[C@H]1/C=C/C[C@H](C)C[S@@](=O)(CC(=O)c2cc(C)co2)=NC(=O)c2ccc3c(c2)N(C[C@@H]2CC[C@H]21)C[C@@]1(CCCc2cc(Cl)ccc21)CO3. The Labute approximate surface area is 294 Å². The van der Waals surface area contributed by atoms with E-state index >= 15 is 0 Å². The molecular formula is C39H45ClN2O6S. The molecule has 1 aromatic heterocycles. The molecule has 4 aliphatic rings. The van der Waals surface area contributed by atoms with E-state index in [-0.39, 0.29) is 28.9 Å². The zero-order chi connectivity index (χ0) is 34.3. The van der Waals surface area contributed by atoms with Gasteiger partial charge < -0.3 is 18.8 Å². The zero-order valence-electron chi connectivity index (χ0n) is 28.5. The van der Waals surface area contributed by atoms with Crippen molar-refractivity contribution in [3.8, 4) is 5.75 Å². The van der Waals surface area contributed by atoms with Crippen molar-refractivity contribution in [2.75, 3.05) is 43.2 Å². The van der Waals surface area contributed by atoms with E-state index in [1.807, 2.05) is 32.0 Å². The molecule has 1 amide bonds. The summed E-state index contributed by atoms with van der Waals surface area (Å²) in [6.07, 6.45) is 11.5.